The smallest absolute Gasteiger partial charge is 0.303 e. The molecule has 0 bridgehead atoms. The van der Waals surface area contributed by atoms with Gasteiger partial charge in [-0.25, -0.2) is 0 Å². The average Bonchev–Trinajstić information content (AvgIpc) is 2.24. The van der Waals surface area contributed by atoms with Crippen molar-refractivity contribution in [2.75, 3.05) is 20.1 Å². The Balaban J connectivity index is 2.09. The normalized spacial score (nSPS) is 21.1. The zero-order valence-electron chi connectivity index (χ0n) is 10.4. The van der Waals surface area contributed by atoms with Gasteiger partial charge in [0, 0.05) is 25.4 Å². The van der Waals surface area contributed by atoms with Gasteiger partial charge in [-0.15, -0.1) is 0 Å². The molecule has 1 amide bonds. The summed E-state index contributed by atoms with van der Waals surface area (Å²) in [5.41, 5.74) is 0. The first-order valence-corrected chi connectivity index (χ1v) is 6.27. The molecule has 1 atom stereocenters. The van der Waals surface area contributed by atoms with E-state index in [0.29, 0.717) is 19.3 Å². The molecule has 0 aromatic heterocycles. The molecule has 0 radical (unpaired) electrons. The van der Waals surface area contributed by atoms with Crippen LogP contribution in [0.5, 0.6) is 0 Å². The molecule has 0 aliphatic carbocycles. The predicted molar refractivity (Wildman–Crippen MR) is 64.8 cm³/mol. The maximum Gasteiger partial charge on any atom is 0.303 e. The summed E-state index contributed by atoms with van der Waals surface area (Å²) in [6, 6.07) is 0.265. The molecule has 2 N–H and O–H groups in total. The highest BCUT2D eigenvalue weighted by Crippen LogP contribution is 2.08. The van der Waals surface area contributed by atoms with E-state index in [-0.39, 0.29) is 18.4 Å². The number of carbonyl (C=O) groups is 2. The van der Waals surface area contributed by atoms with Gasteiger partial charge in [-0.3, -0.25) is 9.59 Å². The van der Waals surface area contributed by atoms with Crippen LogP contribution in [-0.4, -0.2) is 48.1 Å². The molecule has 0 spiro atoms. The Morgan fingerprint density at radius 3 is 2.71 bits per heavy atom. The van der Waals surface area contributed by atoms with Crippen LogP contribution in [0.1, 0.15) is 38.5 Å². The standard InChI is InChI=1S/C12H22N2O3/c1-14-8-4-5-10(9-14)13-11(15)6-2-3-7-12(16)17/h10H,2-9H2,1H3,(H,13,15)(H,16,17). The lowest BCUT2D eigenvalue weighted by atomic mass is 10.1. The van der Waals surface area contributed by atoms with Crippen molar-refractivity contribution in [3.8, 4) is 0 Å². The number of unbranched alkanes of at least 4 members (excludes halogenated alkanes) is 1. The quantitative estimate of drug-likeness (QED) is 0.677. The predicted octanol–water partition coefficient (Wildman–Crippen LogP) is 0.842. The van der Waals surface area contributed by atoms with Crippen molar-refractivity contribution in [1.82, 2.24) is 10.2 Å². The first-order valence-electron chi connectivity index (χ1n) is 6.27. The Morgan fingerprint density at radius 1 is 1.35 bits per heavy atom. The topological polar surface area (TPSA) is 69.6 Å². The molecular weight excluding hydrogens is 220 g/mol. The molecule has 1 unspecified atom stereocenters. The number of carboxylic acid groups (broad SMARTS) is 1. The number of hydrogen-bond donors (Lipinski definition) is 2. The second-order valence-electron chi connectivity index (χ2n) is 4.77. The minimum atomic E-state index is -0.792. The van der Waals surface area contributed by atoms with Crippen molar-refractivity contribution >= 4 is 11.9 Å². The monoisotopic (exact) mass is 242 g/mol. The Labute approximate surface area is 102 Å². The molecule has 1 aliphatic heterocycles. The third-order valence-electron chi connectivity index (χ3n) is 3.03. The molecular formula is C12H22N2O3. The lowest BCUT2D eigenvalue weighted by Gasteiger charge is -2.30. The summed E-state index contributed by atoms with van der Waals surface area (Å²) < 4.78 is 0. The fourth-order valence-electron chi connectivity index (χ4n) is 2.15. The lowest BCUT2D eigenvalue weighted by Crippen LogP contribution is -2.46. The summed E-state index contributed by atoms with van der Waals surface area (Å²) in [7, 11) is 2.06. The lowest BCUT2D eigenvalue weighted by molar-refractivity contribution is -0.137. The van der Waals surface area contributed by atoms with Crippen molar-refractivity contribution in [2.24, 2.45) is 0 Å². The van der Waals surface area contributed by atoms with E-state index in [1.165, 1.54) is 0 Å². The van der Waals surface area contributed by atoms with Crippen LogP contribution in [0, 0.1) is 0 Å². The number of piperidine rings is 1. The summed E-state index contributed by atoms with van der Waals surface area (Å²) in [5, 5.41) is 11.5. The Kier molecular flexibility index (Phi) is 5.97. The van der Waals surface area contributed by atoms with Crippen LogP contribution in [-0.2, 0) is 9.59 Å². The summed E-state index contributed by atoms with van der Waals surface area (Å²) >= 11 is 0. The fraction of sp³-hybridized carbons (Fsp3) is 0.833. The van der Waals surface area contributed by atoms with Gasteiger partial charge in [0.05, 0.1) is 0 Å². The number of carbonyl (C=O) groups excluding carboxylic acids is 1. The molecule has 1 aliphatic rings. The van der Waals surface area contributed by atoms with Gasteiger partial charge >= 0.3 is 5.97 Å². The third-order valence-corrected chi connectivity index (χ3v) is 3.03. The molecule has 98 valence electrons. The minimum Gasteiger partial charge on any atom is -0.481 e. The van der Waals surface area contributed by atoms with Crippen LogP contribution in [0.25, 0.3) is 0 Å². The van der Waals surface area contributed by atoms with Crippen LogP contribution >= 0.6 is 0 Å². The number of amides is 1. The van der Waals surface area contributed by atoms with Crippen LogP contribution in [0.4, 0.5) is 0 Å². The van der Waals surface area contributed by atoms with Crippen molar-refractivity contribution in [3.05, 3.63) is 0 Å². The van der Waals surface area contributed by atoms with Gasteiger partial charge in [-0.05, 0) is 39.3 Å². The molecule has 0 saturated carbocycles. The number of nitrogens with zero attached hydrogens (tertiary/aromatic N) is 1. The van der Waals surface area contributed by atoms with Gasteiger partial charge in [-0.1, -0.05) is 0 Å². The van der Waals surface area contributed by atoms with E-state index < -0.39 is 5.97 Å². The van der Waals surface area contributed by atoms with Gasteiger partial charge in [0.2, 0.25) is 5.91 Å². The van der Waals surface area contributed by atoms with E-state index in [4.69, 9.17) is 5.11 Å². The summed E-state index contributed by atoms with van der Waals surface area (Å²) in [4.78, 5) is 24.1. The molecule has 5 heteroatoms. The summed E-state index contributed by atoms with van der Waals surface area (Å²) in [5.74, 6) is -0.741. The highest BCUT2D eigenvalue weighted by molar-refractivity contribution is 5.76. The van der Waals surface area contributed by atoms with E-state index in [0.717, 1.165) is 25.9 Å². The number of nitrogens with one attached hydrogen (secondary N) is 1. The molecule has 17 heavy (non-hydrogen) atoms. The fourth-order valence-corrected chi connectivity index (χ4v) is 2.15. The Hall–Kier alpha value is -1.10. The number of aliphatic carboxylic acids is 1. The molecule has 0 aromatic rings. The summed E-state index contributed by atoms with van der Waals surface area (Å²) in [6.45, 7) is 2.02. The van der Waals surface area contributed by atoms with E-state index in [1.807, 2.05) is 0 Å². The molecule has 5 nitrogen and oxygen atoms in total. The molecule has 0 aromatic carbocycles. The molecule has 1 saturated heterocycles. The van der Waals surface area contributed by atoms with Crippen LogP contribution in [0.3, 0.4) is 0 Å². The van der Waals surface area contributed by atoms with Crippen molar-refractivity contribution in [2.45, 2.75) is 44.6 Å². The van der Waals surface area contributed by atoms with Crippen molar-refractivity contribution < 1.29 is 14.7 Å². The average molecular weight is 242 g/mol. The largest absolute Gasteiger partial charge is 0.481 e. The van der Waals surface area contributed by atoms with Crippen LogP contribution in [0.15, 0.2) is 0 Å². The number of rotatable bonds is 6. The van der Waals surface area contributed by atoms with Gasteiger partial charge in [-0.2, -0.15) is 0 Å². The highest BCUT2D eigenvalue weighted by Gasteiger charge is 2.18. The zero-order chi connectivity index (χ0) is 12.7. The maximum absolute atomic E-state index is 11.6. The first-order chi connectivity index (χ1) is 8.08. The number of likely N-dealkylation sites (tertiary alicyclic amines) is 1. The van der Waals surface area contributed by atoms with E-state index in [2.05, 4.69) is 17.3 Å². The SMILES string of the molecule is CN1CCCC(NC(=O)CCCCC(=O)O)C1. The Bertz CT molecular complexity index is 268. The minimum absolute atomic E-state index is 0.0516. The van der Waals surface area contributed by atoms with E-state index in [1.54, 1.807) is 0 Å². The van der Waals surface area contributed by atoms with Gasteiger partial charge in [0.25, 0.3) is 0 Å². The Morgan fingerprint density at radius 2 is 2.06 bits per heavy atom. The van der Waals surface area contributed by atoms with Crippen LogP contribution in [0.2, 0.25) is 0 Å². The number of hydrogen-bond acceptors (Lipinski definition) is 3. The van der Waals surface area contributed by atoms with Gasteiger partial charge < -0.3 is 15.3 Å². The summed E-state index contributed by atoms with van der Waals surface area (Å²) in [6.07, 6.45) is 3.99. The second kappa shape index (κ2) is 7.27. The zero-order valence-corrected chi connectivity index (χ0v) is 10.4. The second-order valence-corrected chi connectivity index (χ2v) is 4.77. The van der Waals surface area contributed by atoms with E-state index in [9.17, 15) is 9.59 Å². The first kappa shape index (κ1) is 14.0. The maximum atomic E-state index is 11.6. The van der Waals surface area contributed by atoms with E-state index >= 15 is 0 Å². The molecule has 1 rings (SSSR count). The third kappa shape index (κ3) is 6.26. The van der Waals surface area contributed by atoms with Crippen LogP contribution < -0.4 is 5.32 Å². The van der Waals surface area contributed by atoms with Gasteiger partial charge in [0.1, 0.15) is 0 Å². The highest BCUT2D eigenvalue weighted by atomic mass is 16.4. The molecule has 1 heterocycles. The van der Waals surface area contributed by atoms with Gasteiger partial charge in [0.15, 0.2) is 0 Å². The van der Waals surface area contributed by atoms with Crippen molar-refractivity contribution in [3.63, 3.8) is 0 Å². The number of likely N-dealkylation sites (N-methyl/N-ethyl adjacent to an activating group) is 1. The van der Waals surface area contributed by atoms with Crippen molar-refractivity contribution in [1.29, 1.82) is 0 Å². The number of carboxylic acids is 1. The molecule has 1 fully saturated rings.